The molecule has 0 aromatic rings. The SMILES string of the molecule is COC(=O)[C@@H]1C[C@H]1CCS(=O)(=O)O. The van der Waals surface area contributed by atoms with Crippen LogP contribution in [0, 0.1) is 11.8 Å². The molecule has 0 spiro atoms. The molecular formula is C7H12O5S. The molecule has 0 heterocycles. The van der Waals surface area contributed by atoms with Gasteiger partial charge in [0.15, 0.2) is 0 Å². The van der Waals surface area contributed by atoms with Crippen molar-refractivity contribution in [3.8, 4) is 0 Å². The molecule has 0 aromatic heterocycles. The van der Waals surface area contributed by atoms with Crippen molar-refractivity contribution >= 4 is 16.1 Å². The Hall–Kier alpha value is -0.620. The summed E-state index contributed by atoms with van der Waals surface area (Å²) < 4.78 is 33.6. The molecule has 0 aliphatic heterocycles. The van der Waals surface area contributed by atoms with E-state index in [2.05, 4.69) is 4.74 Å². The van der Waals surface area contributed by atoms with Crippen molar-refractivity contribution < 1.29 is 22.5 Å². The van der Waals surface area contributed by atoms with Crippen molar-refractivity contribution in [1.29, 1.82) is 0 Å². The molecule has 0 radical (unpaired) electrons. The summed E-state index contributed by atoms with van der Waals surface area (Å²) in [7, 11) is -2.58. The molecule has 1 fully saturated rings. The fourth-order valence-electron chi connectivity index (χ4n) is 1.31. The van der Waals surface area contributed by atoms with Gasteiger partial charge in [-0.3, -0.25) is 9.35 Å². The van der Waals surface area contributed by atoms with E-state index in [9.17, 15) is 13.2 Å². The van der Waals surface area contributed by atoms with Crippen LogP contribution < -0.4 is 0 Å². The van der Waals surface area contributed by atoms with E-state index in [-0.39, 0.29) is 23.6 Å². The van der Waals surface area contributed by atoms with E-state index in [1.54, 1.807) is 0 Å². The molecule has 0 aromatic carbocycles. The zero-order chi connectivity index (χ0) is 10.1. The summed E-state index contributed by atoms with van der Waals surface area (Å²) in [6, 6.07) is 0. The Morgan fingerprint density at radius 1 is 1.62 bits per heavy atom. The van der Waals surface area contributed by atoms with Gasteiger partial charge in [-0.15, -0.1) is 0 Å². The lowest BCUT2D eigenvalue weighted by Gasteiger charge is -1.97. The normalized spacial score (nSPS) is 26.9. The van der Waals surface area contributed by atoms with E-state index in [0.717, 1.165) is 0 Å². The van der Waals surface area contributed by atoms with Gasteiger partial charge < -0.3 is 4.74 Å². The number of ether oxygens (including phenoxy) is 1. The summed E-state index contributed by atoms with van der Waals surface area (Å²) in [5.74, 6) is -0.660. The quantitative estimate of drug-likeness (QED) is 0.522. The molecule has 13 heavy (non-hydrogen) atoms. The average Bonchev–Trinajstić information content (AvgIpc) is 2.77. The summed E-state index contributed by atoms with van der Waals surface area (Å²) in [5, 5.41) is 0. The van der Waals surface area contributed by atoms with Gasteiger partial charge in [0.05, 0.1) is 18.8 Å². The summed E-state index contributed by atoms with van der Waals surface area (Å²) in [6.07, 6.45) is 1.00. The first-order valence-corrected chi connectivity index (χ1v) is 5.58. The number of esters is 1. The maximum absolute atomic E-state index is 10.9. The van der Waals surface area contributed by atoms with Crippen molar-refractivity contribution in [1.82, 2.24) is 0 Å². The number of methoxy groups -OCH3 is 1. The van der Waals surface area contributed by atoms with E-state index in [1.807, 2.05) is 0 Å². The first kappa shape index (κ1) is 10.5. The Morgan fingerprint density at radius 3 is 2.69 bits per heavy atom. The highest BCUT2D eigenvalue weighted by Crippen LogP contribution is 2.42. The largest absolute Gasteiger partial charge is 0.469 e. The van der Waals surface area contributed by atoms with Crippen LogP contribution in [0.1, 0.15) is 12.8 Å². The summed E-state index contributed by atoms with van der Waals surface area (Å²) in [4.78, 5) is 10.9. The lowest BCUT2D eigenvalue weighted by Crippen LogP contribution is -2.08. The van der Waals surface area contributed by atoms with Gasteiger partial charge in [0.1, 0.15) is 0 Å². The predicted molar refractivity (Wildman–Crippen MR) is 44.6 cm³/mol. The molecule has 1 aliphatic carbocycles. The molecule has 6 heteroatoms. The Labute approximate surface area is 76.8 Å². The van der Waals surface area contributed by atoms with Crippen molar-refractivity contribution in [3.63, 3.8) is 0 Å². The van der Waals surface area contributed by atoms with E-state index >= 15 is 0 Å². The molecule has 0 amide bonds. The molecule has 1 aliphatic rings. The van der Waals surface area contributed by atoms with Crippen LogP contribution in [0.4, 0.5) is 0 Å². The average molecular weight is 208 g/mol. The Morgan fingerprint density at radius 2 is 2.23 bits per heavy atom. The highest BCUT2D eigenvalue weighted by molar-refractivity contribution is 7.85. The highest BCUT2D eigenvalue weighted by Gasteiger charge is 2.43. The number of hydrogen-bond donors (Lipinski definition) is 1. The maximum atomic E-state index is 10.9. The third-order valence-corrected chi connectivity index (χ3v) is 2.92. The van der Waals surface area contributed by atoms with E-state index in [1.165, 1.54) is 7.11 Å². The minimum atomic E-state index is -3.89. The van der Waals surface area contributed by atoms with Crippen LogP contribution in [0.2, 0.25) is 0 Å². The third-order valence-electron chi connectivity index (χ3n) is 2.17. The van der Waals surface area contributed by atoms with Crippen LogP contribution in [-0.2, 0) is 19.6 Å². The molecule has 76 valence electrons. The zero-order valence-corrected chi connectivity index (χ0v) is 8.08. The van der Waals surface area contributed by atoms with Gasteiger partial charge in [0.25, 0.3) is 10.1 Å². The second-order valence-corrected chi connectivity index (χ2v) is 4.77. The van der Waals surface area contributed by atoms with Crippen LogP contribution in [-0.4, -0.2) is 31.8 Å². The van der Waals surface area contributed by atoms with Crippen LogP contribution in [0.15, 0.2) is 0 Å². The maximum Gasteiger partial charge on any atom is 0.308 e. The van der Waals surface area contributed by atoms with Gasteiger partial charge in [-0.25, -0.2) is 0 Å². The fourth-order valence-corrected chi connectivity index (χ4v) is 1.91. The molecule has 1 rings (SSSR count). The van der Waals surface area contributed by atoms with Gasteiger partial charge >= 0.3 is 5.97 Å². The van der Waals surface area contributed by atoms with Crippen molar-refractivity contribution in [3.05, 3.63) is 0 Å². The molecule has 1 N–H and O–H groups in total. The second kappa shape index (κ2) is 3.63. The molecule has 2 atom stereocenters. The lowest BCUT2D eigenvalue weighted by molar-refractivity contribution is -0.142. The zero-order valence-electron chi connectivity index (χ0n) is 7.26. The van der Waals surface area contributed by atoms with Crippen molar-refractivity contribution in [2.75, 3.05) is 12.9 Å². The highest BCUT2D eigenvalue weighted by atomic mass is 32.2. The molecule has 5 nitrogen and oxygen atoms in total. The van der Waals surface area contributed by atoms with Crippen molar-refractivity contribution in [2.45, 2.75) is 12.8 Å². The molecule has 0 unspecified atom stereocenters. The van der Waals surface area contributed by atoms with Crippen LogP contribution in [0.25, 0.3) is 0 Å². The number of carbonyl (C=O) groups is 1. The van der Waals surface area contributed by atoms with E-state index < -0.39 is 10.1 Å². The van der Waals surface area contributed by atoms with Gasteiger partial charge in [-0.2, -0.15) is 8.42 Å². The molecule has 0 saturated heterocycles. The number of carbonyl (C=O) groups excluding carboxylic acids is 1. The van der Waals surface area contributed by atoms with E-state index in [4.69, 9.17) is 4.55 Å². The Kier molecular flexibility index (Phi) is 2.92. The number of rotatable bonds is 4. The molecule has 0 bridgehead atoms. The van der Waals surface area contributed by atoms with Gasteiger partial charge in [-0.05, 0) is 18.8 Å². The lowest BCUT2D eigenvalue weighted by atomic mass is 10.2. The molecule has 1 saturated carbocycles. The van der Waals surface area contributed by atoms with Gasteiger partial charge in [-0.1, -0.05) is 0 Å². The van der Waals surface area contributed by atoms with E-state index in [0.29, 0.717) is 12.8 Å². The third kappa shape index (κ3) is 3.31. The summed E-state index contributed by atoms with van der Waals surface area (Å²) in [5.41, 5.74) is 0. The summed E-state index contributed by atoms with van der Waals surface area (Å²) in [6.45, 7) is 0. The fraction of sp³-hybridized carbons (Fsp3) is 0.857. The summed E-state index contributed by atoms with van der Waals surface area (Å²) >= 11 is 0. The predicted octanol–water partition coefficient (Wildman–Crippen LogP) is 0.0734. The second-order valence-electron chi connectivity index (χ2n) is 3.20. The topological polar surface area (TPSA) is 80.7 Å². The first-order chi connectivity index (χ1) is 5.94. The van der Waals surface area contributed by atoms with Gasteiger partial charge in [0.2, 0.25) is 0 Å². The molecular weight excluding hydrogens is 196 g/mol. The Bertz CT molecular complexity index is 294. The standard InChI is InChI=1S/C7H12O5S/c1-12-7(8)6-4-5(6)2-3-13(9,10)11/h5-6H,2-4H2,1H3,(H,9,10,11)/t5-,6-/m1/s1. The first-order valence-electron chi connectivity index (χ1n) is 3.97. The van der Waals surface area contributed by atoms with Gasteiger partial charge in [0, 0.05) is 0 Å². The Balaban J connectivity index is 2.26. The van der Waals surface area contributed by atoms with Crippen LogP contribution in [0.3, 0.4) is 0 Å². The minimum absolute atomic E-state index is 0.0642. The number of hydrogen-bond acceptors (Lipinski definition) is 4. The van der Waals surface area contributed by atoms with Crippen molar-refractivity contribution in [2.24, 2.45) is 11.8 Å². The smallest absolute Gasteiger partial charge is 0.308 e. The van der Waals surface area contributed by atoms with Crippen LogP contribution in [0.5, 0.6) is 0 Å². The monoisotopic (exact) mass is 208 g/mol. The minimum Gasteiger partial charge on any atom is -0.469 e. The van der Waals surface area contributed by atoms with Crippen LogP contribution >= 0.6 is 0 Å².